The van der Waals surface area contributed by atoms with Gasteiger partial charge in [0.2, 0.25) is 0 Å². The fourth-order valence-corrected chi connectivity index (χ4v) is 4.18. The maximum Gasteiger partial charge on any atom is 0.117 e. The first-order valence-electron chi connectivity index (χ1n) is 9.20. The molecular formula is C20H26N2O3. The molecule has 0 amide bonds. The zero-order chi connectivity index (χ0) is 17.0. The average molecular weight is 342 g/mol. The van der Waals surface area contributed by atoms with Crippen molar-refractivity contribution in [1.82, 2.24) is 9.88 Å². The van der Waals surface area contributed by atoms with Gasteiger partial charge < -0.3 is 13.9 Å². The van der Waals surface area contributed by atoms with Crippen molar-refractivity contribution in [2.75, 3.05) is 26.3 Å². The highest BCUT2D eigenvalue weighted by Gasteiger charge is 2.47. The Balaban J connectivity index is 1.34. The zero-order valence-electron chi connectivity index (χ0n) is 14.6. The van der Waals surface area contributed by atoms with Gasteiger partial charge in [-0.25, -0.2) is 0 Å². The quantitative estimate of drug-likeness (QED) is 0.806. The molecule has 2 fully saturated rings. The number of rotatable bonds is 6. The van der Waals surface area contributed by atoms with Crippen molar-refractivity contribution in [2.24, 2.45) is 5.92 Å². The molecule has 0 N–H and O–H groups in total. The highest BCUT2D eigenvalue weighted by Crippen LogP contribution is 2.41. The molecule has 0 unspecified atom stereocenters. The first-order valence-corrected chi connectivity index (χ1v) is 9.20. The minimum absolute atomic E-state index is 0.0606. The second-order valence-corrected chi connectivity index (χ2v) is 7.13. The van der Waals surface area contributed by atoms with Crippen LogP contribution >= 0.6 is 0 Å². The van der Waals surface area contributed by atoms with Gasteiger partial charge in [-0.2, -0.15) is 0 Å². The lowest BCUT2D eigenvalue weighted by Gasteiger charge is -2.43. The predicted octanol–water partition coefficient (Wildman–Crippen LogP) is 3.26. The molecule has 5 heteroatoms. The summed E-state index contributed by atoms with van der Waals surface area (Å²) >= 11 is 0. The van der Waals surface area contributed by atoms with E-state index in [1.54, 1.807) is 6.26 Å². The van der Waals surface area contributed by atoms with Crippen LogP contribution in [0.4, 0.5) is 0 Å². The molecule has 5 nitrogen and oxygen atoms in total. The SMILES string of the molecule is c1ccc(COC[C@@H]2CCC[C@]23CN(Cc2ccco2)CCO3)nc1. The Hall–Kier alpha value is -1.69. The van der Waals surface area contributed by atoms with Crippen molar-refractivity contribution in [2.45, 2.75) is 38.0 Å². The highest BCUT2D eigenvalue weighted by molar-refractivity contribution is 5.03. The van der Waals surface area contributed by atoms with Crippen LogP contribution < -0.4 is 0 Å². The summed E-state index contributed by atoms with van der Waals surface area (Å²) in [5, 5.41) is 0. The Morgan fingerprint density at radius 2 is 2.28 bits per heavy atom. The van der Waals surface area contributed by atoms with Crippen LogP contribution in [0.2, 0.25) is 0 Å². The molecule has 2 aromatic rings. The Kier molecular flexibility index (Phi) is 5.15. The Morgan fingerprint density at radius 1 is 1.28 bits per heavy atom. The minimum atomic E-state index is -0.0606. The zero-order valence-corrected chi connectivity index (χ0v) is 14.6. The molecule has 1 saturated carbocycles. The summed E-state index contributed by atoms with van der Waals surface area (Å²) in [6.45, 7) is 4.89. The van der Waals surface area contributed by atoms with Gasteiger partial charge in [-0.05, 0) is 37.1 Å². The summed E-state index contributed by atoms with van der Waals surface area (Å²) in [5.41, 5.74) is 0.924. The number of morpholine rings is 1. The lowest BCUT2D eigenvalue weighted by atomic mass is 9.89. The van der Waals surface area contributed by atoms with Crippen molar-refractivity contribution in [1.29, 1.82) is 0 Å². The lowest BCUT2D eigenvalue weighted by molar-refractivity contribution is -0.145. The molecular weight excluding hydrogens is 316 g/mol. The van der Waals surface area contributed by atoms with Crippen LogP contribution in [0.3, 0.4) is 0 Å². The van der Waals surface area contributed by atoms with E-state index >= 15 is 0 Å². The second kappa shape index (κ2) is 7.68. The van der Waals surface area contributed by atoms with Gasteiger partial charge in [0.15, 0.2) is 0 Å². The normalized spacial score (nSPS) is 27.1. The van der Waals surface area contributed by atoms with E-state index in [1.807, 2.05) is 36.5 Å². The number of furan rings is 1. The largest absolute Gasteiger partial charge is 0.468 e. The first-order chi connectivity index (χ1) is 12.3. The molecule has 25 heavy (non-hydrogen) atoms. The van der Waals surface area contributed by atoms with Crippen molar-refractivity contribution in [3.8, 4) is 0 Å². The van der Waals surface area contributed by atoms with E-state index in [-0.39, 0.29) is 5.60 Å². The van der Waals surface area contributed by atoms with Crippen molar-refractivity contribution >= 4 is 0 Å². The van der Waals surface area contributed by atoms with E-state index in [0.29, 0.717) is 12.5 Å². The number of nitrogens with zero attached hydrogens (tertiary/aromatic N) is 2. The summed E-state index contributed by atoms with van der Waals surface area (Å²) in [6, 6.07) is 9.94. The fraction of sp³-hybridized carbons (Fsp3) is 0.550. The van der Waals surface area contributed by atoms with Crippen molar-refractivity contribution < 1.29 is 13.9 Å². The Morgan fingerprint density at radius 3 is 3.12 bits per heavy atom. The molecule has 2 atom stereocenters. The molecule has 1 aliphatic carbocycles. The number of aromatic nitrogens is 1. The fourth-order valence-electron chi connectivity index (χ4n) is 4.18. The summed E-state index contributed by atoms with van der Waals surface area (Å²) < 4.78 is 17.8. The number of ether oxygens (including phenoxy) is 2. The summed E-state index contributed by atoms with van der Waals surface area (Å²) in [5.74, 6) is 1.48. The molecule has 1 aliphatic heterocycles. The topological polar surface area (TPSA) is 47.7 Å². The van der Waals surface area contributed by atoms with Crippen LogP contribution in [0.15, 0.2) is 47.2 Å². The van der Waals surface area contributed by atoms with Gasteiger partial charge in [0.05, 0.1) is 43.9 Å². The summed E-state index contributed by atoms with van der Waals surface area (Å²) in [4.78, 5) is 6.78. The predicted molar refractivity (Wildman–Crippen MR) is 93.9 cm³/mol. The van der Waals surface area contributed by atoms with Gasteiger partial charge in [0.25, 0.3) is 0 Å². The Labute approximate surface area is 148 Å². The molecule has 1 saturated heterocycles. The molecule has 0 aromatic carbocycles. The van der Waals surface area contributed by atoms with Crippen molar-refractivity contribution in [3.63, 3.8) is 0 Å². The smallest absolute Gasteiger partial charge is 0.117 e. The van der Waals surface area contributed by atoms with Crippen LogP contribution in [-0.2, 0) is 22.6 Å². The molecule has 2 aromatic heterocycles. The maximum absolute atomic E-state index is 6.32. The van der Waals surface area contributed by atoms with E-state index in [0.717, 1.165) is 50.7 Å². The van der Waals surface area contributed by atoms with Crippen molar-refractivity contribution in [3.05, 3.63) is 54.2 Å². The van der Waals surface area contributed by atoms with Gasteiger partial charge in [-0.1, -0.05) is 12.5 Å². The van der Waals surface area contributed by atoms with E-state index in [1.165, 1.54) is 12.8 Å². The van der Waals surface area contributed by atoms with Gasteiger partial charge in [0.1, 0.15) is 5.76 Å². The first kappa shape index (κ1) is 16.8. The average Bonchev–Trinajstić information content (AvgIpc) is 3.27. The third-order valence-corrected chi connectivity index (χ3v) is 5.44. The molecule has 2 aliphatic rings. The van der Waals surface area contributed by atoms with E-state index in [2.05, 4.69) is 9.88 Å². The van der Waals surface area contributed by atoms with Crippen LogP contribution in [0.5, 0.6) is 0 Å². The molecule has 1 spiro atoms. The molecule has 134 valence electrons. The third-order valence-electron chi connectivity index (χ3n) is 5.44. The van der Waals surface area contributed by atoms with E-state index in [4.69, 9.17) is 13.9 Å². The molecule has 0 radical (unpaired) electrons. The van der Waals surface area contributed by atoms with E-state index < -0.39 is 0 Å². The number of hydrogen-bond donors (Lipinski definition) is 0. The van der Waals surface area contributed by atoms with Gasteiger partial charge in [-0.15, -0.1) is 0 Å². The van der Waals surface area contributed by atoms with E-state index in [9.17, 15) is 0 Å². The van der Waals surface area contributed by atoms with Crippen LogP contribution in [0, 0.1) is 5.92 Å². The lowest BCUT2D eigenvalue weighted by Crippen LogP contribution is -2.54. The second-order valence-electron chi connectivity index (χ2n) is 7.13. The monoisotopic (exact) mass is 342 g/mol. The Bertz CT molecular complexity index is 646. The third kappa shape index (κ3) is 3.94. The number of hydrogen-bond acceptors (Lipinski definition) is 5. The molecule has 3 heterocycles. The van der Waals surface area contributed by atoms with Crippen LogP contribution in [0.1, 0.15) is 30.7 Å². The highest BCUT2D eigenvalue weighted by atomic mass is 16.5. The summed E-state index contributed by atoms with van der Waals surface area (Å²) in [7, 11) is 0. The molecule has 0 bridgehead atoms. The van der Waals surface area contributed by atoms with Gasteiger partial charge in [0, 0.05) is 25.2 Å². The van der Waals surface area contributed by atoms with Crippen LogP contribution in [0.25, 0.3) is 0 Å². The van der Waals surface area contributed by atoms with Gasteiger partial charge >= 0.3 is 0 Å². The molecule has 4 rings (SSSR count). The number of pyridine rings is 1. The maximum atomic E-state index is 6.32. The van der Waals surface area contributed by atoms with Crippen LogP contribution in [-0.4, -0.2) is 41.8 Å². The van der Waals surface area contributed by atoms with Gasteiger partial charge in [-0.3, -0.25) is 9.88 Å². The summed E-state index contributed by atoms with van der Waals surface area (Å²) in [6.07, 6.45) is 7.07. The standard InChI is InChI=1S/C20H26N2O3/c1-2-9-21-18(6-1)15-23-14-17-5-3-8-20(17)16-22(10-12-25-20)13-19-7-4-11-24-19/h1-2,4,6-7,9,11,17H,3,5,8,10,12-16H2/t17-,20-/m0/s1. The minimum Gasteiger partial charge on any atom is -0.468 e.